The second kappa shape index (κ2) is 19.1. The van der Waals surface area contributed by atoms with Crippen molar-refractivity contribution in [2.45, 2.75) is 70.5 Å². The van der Waals surface area contributed by atoms with Crippen LogP contribution in [0.1, 0.15) is 32.8 Å². The number of rotatable bonds is 19. The van der Waals surface area contributed by atoms with Crippen LogP contribution in [0.15, 0.2) is 30.4 Å². The Morgan fingerprint density at radius 1 is 0.981 bits per heavy atom. The van der Waals surface area contributed by atoms with E-state index < -0.39 is 100 Å². The number of nitrogens with zero attached hydrogens (tertiary/aromatic N) is 1. The number of ether oxygens (including phenoxy) is 5. The van der Waals surface area contributed by atoms with Gasteiger partial charge >= 0.3 is 11.9 Å². The largest absolute Gasteiger partial charge is 0.491 e. The van der Waals surface area contributed by atoms with E-state index in [9.17, 15) is 62.2 Å². The van der Waals surface area contributed by atoms with Crippen LogP contribution in [0.3, 0.4) is 0 Å². The van der Waals surface area contributed by atoms with Gasteiger partial charge in [0.25, 0.3) is 21.9 Å². The van der Waals surface area contributed by atoms with Crippen molar-refractivity contribution in [3.05, 3.63) is 35.9 Å². The van der Waals surface area contributed by atoms with Crippen molar-refractivity contribution in [3.8, 4) is 11.5 Å². The third-order valence-corrected chi connectivity index (χ3v) is 8.35. The Labute approximate surface area is 308 Å². The van der Waals surface area contributed by atoms with Gasteiger partial charge in [-0.15, -0.1) is 0 Å². The molecule has 0 saturated carbocycles. The molecule has 300 valence electrons. The van der Waals surface area contributed by atoms with Crippen molar-refractivity contribution in [1.29, 1.82) is 0 Å². The van der Waals surface area contributed by atoms with Gasteiger partial charge in [0.2, 0.25) is 18.1 Å². The van der Waals surface area contributed by atoms with Crippen molar-refractivity contribution in [3.63, 3.8) is 0 Å². The van der Waals surface area contributed by atoms with E-state index in [1.807, 2.05) is 0 Å². The molecule has 6 atom stereocenters. The van der Waals surface area contributed by atoms with Gasteiger partial charge in [-0.3, -0.25) is 33.4 Å². The number of aliphatic hydroxyl groups is 3. The number of amides is 4. The normalized spacial score (nSPS) is 22.1. The van der Waals surface area contributed by atoms with Gasteiger partial charge in [0, 0.05) is 43.3 Å². The van der Waals surface area contributed by atoms with Crippen LogP contribution in [0, 0.1) is 5.41 Å². The molecule has 0 bridgehead atoms. The van der Waals surface area contributed by atoms with Crippen LogP contribution in [0.2, 0.25) is 0 Å². The zero-order valence-corrected chi connectivity index (χ0v) is 30.2. The molecule has 0 spiro atoms. The number of carboxylic acid groups (broad SMARTS) is 1. The number of aliphatic hydroxyl groups excluding tert-OH is 3. The molecule has 4 amide bonds. The van der Waals surface area contributed by atoms with Crippen LogP contribution in [0.5, 0.6) is 11.5 Å². The van der Waals surface area contributed by atoms with Gasteiger partial charge in [-0.2, -0.15) is 8.42 Å². The molecule has 1 aromatic carbocycles. The average Bonchev–Trinajstić information content (AvgIpc) is 3.40. The highest BCUT2D eigenvalue weighted by atomic mass is 32.2. The molecule has 1 fully saturated rings. The lowest BCUT2D eigenvalue weighted by molar-refractivity contribution is -0.271. The van der Waals surface area contributed by atoms with E-state index >= 15 is 0 Å². The molecule has 7 N–H and O–H groups in total. The average molecular weight is 790 g/mol. The molecule has 1 aromatic rings. The summed E-state index contributed by atoms with van der Waals surface area (Å²) in [7, 11) is -4.73. The predicted octanol–water partition coefficient (Wildman–Crippen LogP) is -2.75. The molecule has 0 aliphatic carbocycles. The summed E-state index contributed by atoms with van der Waals surface area (Å²) in [5.41, 5.74) is -0.459. The maximum Gasteiger partial charge on any atom is 0.335 e. The number of aliphatic carboxylic acids is 1. The van der Waals surface area contributed by atoms with E-state index in [0.29, 0.717) is 5.56 Å². The van der Waals surface area contributed by atoms with Gasteiger partial charge in [-0.25, -0.2) is 4.79 Å². The first kappa shape index (κ1) is 43.7. The first-order valence-corrected chi connectivity index (χ1v) is 17.9. The monoisotopic (exact) mass is 789 g/mol. The lowest BCUT2D eigenvalue weighted by Gasteiger charge is -2.38. The Kier molecular flexibility index (Phi) is 15.4. The van der Waals surface area contributed by atoms with E-state index in [1.165, 1.54) is 18.2 Å². The highest BCUT2D eigenvalue weighted by Crippen LogP contribution is 2.30. The Balaban J connectivity index is 1.55. The first-order valence-electron chi connectivity index (χ1n) is 16.3. The second-order valence-corrected chi connectivity index (χ2v) is 14.5. The van der Waals surface area contributed by atoms with Crippen molar-refractivity contribution in [2.75, 3.05) is 38.7 Å². The predicted molar refractivity (Wildman–Crippen MR) is 179 cm³/mol. The van der Waals surface area contributed by atoms with Gasteiger partial charge in [0.05, 0.1) is 18.6 Å². The SMILES string of the molecule is CC(C)(C)C(=O)OCc1ccc(O[C@@H]2O[C@H](C(=O)O)[C@@H](O)[C@H](O)[C@H]2O)cc1OCCOCCNC(=O)[C@H](CS(=O)(=O)O)NC(=O)CCN1C(=O)C=CC1=O. The summed E-state index contributed by atoms with van der Waals surface area (Å²) in [6.45, 7) is 3.86. The first-order chi connectivity index (χ1) is 25.2. The van der Waals surface area contributed by atoms with Crippen molar-refractivity contribution >= 4 is 45.7 Å². The molecular formula is C32H43N3O18S. The third kappa shape index (κ3) is 13.0. The summed E-state index contributed by atoms with van der Waals surface area (Å²) < 4.78 is 59.5. The van der Waals surface area contributed by atoms with E-state index in [2.05, 4.69) is 10.6 Å². The number of hydrogen-bond donors (Lipinski definition) is 7. The topological polar surface area (TPSA) is 311 Å². The maximum absolute atomic E-state index is 12.6. The summed E-state index contributed by atoms with van der Waals surface area (Å²) in [5, 5.41) is 44.2. The summed E-state index contributed by atoms with van der Waals surface area (Å²) in [6.07, 6.45) is -7.70. The highest BCUT2D eigenvalue weighted by Gasteiger charge is 2.48. The van der Waals surface area contributed by atoms with Crippen LogP contribution in [-0.2, 0) is 59.7 Å². The second-order valence-electron chi connectivity index (χ2n) is 13.0. The van der Waals surface area contributed by atoms with Gasteiger partial charge in [0.1, 0.15) is 54.8 Å². The maximum atomic E-state index is 12.6. The number of hydrogen-bond acceptors (Lipinski definition) is 16. The molecule has 0 aromatic heterocycles. The molecule has 21 nitrogen and oxygen atoms in total. The zero-order chi connectivity index (χ0) is 40.4. The Morgan fingerprint density at radius 2 is 1.65 bits per heavy atom. The number of carbonyl (C=O) groups is 6. The van der Waals surface area contributed by atoms with E-state index in [4.69, 9.17) is 23.7 Å². The molecule has 3 rings (SSSR count). The fourth-order valence-corrected chi connectivity index (χ4v) is 5.37. The van der Waals surface area contributed by atoms with Crippen LogP contribution in [0.4, 0.5) is 0 Å². The van der Waals surface area contributed by atoms with E-state index in [1.54, 1.807) is 20.8 Å². The standard InChI is InChI=1S/C32H43N3O18S/c1-32(2,3)31(45)51-15-17-4-5-18(52-30-26(41)24(39)25(40)27(53-30)29(43)44)14-20(17)50-13-12-49-11-9-33-28(42)19(16-54(46,47)48)34-21(36)8-10-35-22(37)6-7-23(35)38/h4-7,14,19,24-27,30,39-41H,8-13,15-16H2,1-3H3,(H,33,42)(H,34,36)(H,43,44)(H,46,47,48)/t19-,24-,25-,26+,27-,30+/m0/s1. The fourth-order valence-electron chi connectivity index (χ4n) is 4.71. The Bertz CT molecular complexity index is 1680. The number of benzene rings is 1. The Morgan fingerprint density at radius 3 is 2.26 bits per heavy atom. The van der Waals surface area contributed by atoms with E-state index in [0.717, 1.165) is 17.1 Å². The lowest BCUT2D eigenvalue weighted by Crippen LogP contribution is -2.61. The minimum absolute atomic E-state index is 0.0297. The number of imide groups is 1. The molecule has 1 saturated heterocycles. The summed E-state index contributed by atoms with van der Waals surface area (Å²) >= 11 is 0. The third-order valence-electron chi connectivity index (χ3n) is 7.60. The molecule has 22 heteroatoms. The zero-order valence-electron chi connectivity index (χ0n) is 29.4. The smallest absolute Gasteiger partial charge is 0.335 e. The van der Waals surface area contributed by atoms with Gasteiger partial charge in [-0.1, -0.05) is 0 Å². The number of carbonyl (C=O) groups excluding carboxylic acids is 5. The minimum Gasteiger partial charge on any atom is -0.491 e. The molecule has 0 radical (unpaired) electrons. The van der Waals surface area contributed by atoms with Crippen LogP contribution < -0.4 is 20.1 Å². The molecule has 2 aliphatic heterocycles. The van der Waals surface area contributed by atoms with Crippen molar-refractivity contribution in [2.24, 2.45) is 5.41 Å². The highest BCUT2D eigenvalue weighted by molar-refractivity contribution is 7.85. The van der Waals surface area contributed by atoms with Gasteiger partial charge < -0.3 is 54.7 Å². The van der Waals surface area contributed by atoms with E-state index in [-0.39, 0.29) is 51.0 Å². The van der Waals surface area contributed by atoms with Crippen molar-refractivity contribution in [1.82, 2.24) is 15.5 Å². The lowest BCUT2D eigenvalue weighted by atomic mass is 9.97. The Hall–Kier alpha value is -4.71. The number of esters is 1. The van der Waals surface area contributed by atoms with Gasteiger partial charge in [-0.05, 0) is 32.9 Å². The molecular weight excluding hydrogens is 746 g/mol. The van der Waals surface area contributed by atoms with Crippen LogP contribution in [-0.4, -0.2) is 149 Å². The molecule has 0 unspecified atom stereocenters. The van der Waals surface area contributed by atoms with Crippen molar-refractivity contribution < 1.29 is 85.8 Å². The minimum atomic E-state index is -4.73. The molecule has 2 heterocycles. The number of nitrogens with one attached hydrogen (secondary N) is 2. The number of carboxylic acids is 1. The summed E-state index contributed by atoms with van der Waals surface area (Å²) in [6, 6.07) is 2.42. The van der Waals surface area contributed by atoms with Gasteiger partial charge in [0.15, 0.2) is 6.10 Å². The fraction of sp³-hybridized carbons (Fsp3) is 0.562. The summed E-state index contributed by atoms with van der Waals surface area (Å²) in [4.78, 5) is 72.9. The van der Waals surface area contributed by atoms with Crippen LogP contribution >= 0.6 is 0 Å². The van der Waals surface area contributed by atoms with Crippen LogP contribution in [0.25, 0.3) is 0 Å². The molecule has 2 aliphatic rings. The molecule has 54 heavy (non-hydrogen) atoms. The summed E-state index contributed by atoms with van der Waals surface area (Å²) in [5.74, 6) is -6.34. The quantitative estimate of drug-likeness (QED) is 0.0323.